The van der Waals surface area contributed by atoms with Gasteiger partial charge >= 0.3 is 5.97 Å². The molecule has 2 heterocycles. The summed E-state index contributed by atoms with van der Waals surface area (Å²) in [4.78, 5) is 24.6. The molecule has 1 N–H and O–H groups in total. The van der Waals surface area contributed by atoms with Crippen molar-refractivity contribution >= 4 is 17.6 Å². The molecule has 140 valence electrons. The van der Waals surface area contributed by atoms with E-state index in [0.717, 1.165) is 17.1 Å². The van der Waals surface area contributed by atoms with Gasteiger partial charge in [-0.25, -0.2) is 4.79 Å². The van der Waals surface area contributed by atoms with Crippen LogP contribution in [-0.2, 0) is 11.3 Å². The SMILES string of the molecule is CCOC(=O)c1cccc(NC(=O)c2cc(C)n(Cc3ccco3)c2C)c1. The molecule has 6 nitrogen and oxygen atoms in total. The fourth-order valence-corrected chi connectivity index (χ4v) is 2.97. The van der Waals surface area contributed by atoms with Gasteiger partial charge in [-0.1, -0.05) is 6.07 Å². The number of hydrogen-bond acceptors (Lipinski definition) is 4. The zero-order valence-corrected chi connectivity index (χ0v) is 15.6. The van der Waals surface area contributed by atoms with Gasteiger partial charge in [-0.3, -0.25) is 4.79 Å². The van der Waals surface area contributed by atoms with E-state index in [1.165, 1.54) is 0 Å². The highest BCUT2D eigenvalue weighted by atomic mass is 16.5. The van der Waals surface area contributed by atoms with Crippen LogP contribution in [0.1, 0.15) is 44.8 Å². The van der Waals surface area contributed by atoms with E-state index in [0.29, 0.717) is 30.0 Å². The Labute approximate surface area is 157 Å². The number of amides is 1. The van der Waals surface area contributed by atoms with Gasteiger partial charge in [-0.15, -0.1) is 0 Å². The van der Waals surface area contributed by atoms with Crippen LogP contribution < -0.4 is 5.32 Å². The molecule has 3 aromatic rings. The third-order valence-corrected chi connectivity index (χ3v) is 4.34. The van der Waals surface area contributed by atoms with Gasteiger partial charge in [0.15, 0.2) is 0 Å². The van der Waals surface area contributed by atoms with E-state index in [-0.39, 0.29) is 5.91 Å². The fourth-order valence-electron chi connectivity index (χ4n) is 2.97. The number of ether oxygens (including phenoxy) is 1. The zero-order valence-electron chi connectivity index (χ0n) is 15.6. The molecular weight excluding hydrogens is 344 g/mol. The topological polar surface area (TPSA) is 73.5 Å². The standard InChI is InChI=1S/C21H22N2O4/c1-4-26-21(25)16-7-5-8-17(12-16)22-20(24)19-11-14(2)23(15(19)3)13-18-9-6-10-27-18/h5-12H,4,13H2,1-3H3,(H,22,24). The second-order valence-corrected chi connectivity index (χ2v) is 6.21. The smallest absolute Gasteiger partial charge is 0.338 e. The third-order valence-electron chi connectivity index (χ3n) is 4.34. The molecule has 0 aliphatic carbocycles. The summed E-state index contributed by atoms with van der Waals surface area (Å²) in [6.07, 6.45) is 1.63. The van der Waals surface area contributed by atoms with Gasteiger partial charge in [0.25, 0.3) is 5.91 Å². The summed E-state index contributed by atoms with van der Waals surface area (Å²) in [5, 5.41) is 2.85. The molecule has 0 bridgehead atoms. The molecular formula is C21H22N2O4. The molecule has 6 heteroatoms. The van der Waals surface area contributed by atoms with Crippen LogP contribution >= 0.6 is 0 Å². The van der Waals surface area contributed by atoms with Crippen molar-refractivity contribution < 1.29 is 18.7 Å². The largest absolute Gasteiger partial charge is 0.467 e. The van der Waals surface area contributed by atoms with Crippen molar-refractivity contribution in [1.29, 1.82) is 0 Å². The van der Waals surface area contributed by atoms with Gasteiger partial charge in [0.1, 0.15) is 5.76 Å². The molecule has 0 radical (unpaired) electrons. The lowest BCUT2D eigenvalue weighted by atomic mass is 10.2. The predicted molar refractivity (Wildman–Crippen MR) is 102 cm³/mol. The van der Waals surface area contributed by atoms with Crippen LogP contribution in [0.3, 0.4) is 0 Å². The highest BCUT2D eigenvalue weighted by Gasteiger charge is 2.17. The number of carbonyl (C=O) groups is 2. The number of aromatic nitrogens is 1. The number of nitrogens with one attached hydrogen (secondary N) is 1. The molecule has 2 aromatic heterocycles. The van der Waals surface area contributed by atoms with E-state index < -0.39 is 5.97 Å². The maximum Gasteiger partial charge on any atom is 0.338 e. The summed E-state index contributed by atoms with van der Waals surface area (Å²) in [6, 6.07) is 12.3. The van der Waals surface area contributed by atoms with E-state index >= 15 is 0 Å². The minimum atomic E-state index is -0.412. The Kier molecular flexibility index (Phi) is 5.45. The summed E-state index contributed by atoms with van der Waals surface area (Å²) in [5.74, 6) is 0.186. The van der Waals surface area contributed by atoms with Crippen LogP contribution in [0, 0.1) is 13.8 Å². The molecule has 1 amide bonds. The predicted octanol–water partition coefficient (Wildman–Crippen LogP) is 4.18. The number of benzene rings is 1. The lowest BCUT2D eigenvalue weighted by Gasteiger charge is -2.09. The van der Waals surface area contributed by atoms with Crippen LogP contribution in [0.2, 0.25) is 0 Å². The van der Waals surface area contributed by atoms with Crippen LogP contribution in [0.4, 0.5) is 5.69 Å². The minimum absolute atomic E-state index is 0.227. The first kappa shape index (κ1) is 18.5. The van der Waals surface area contributed by atoms with Crippen molar-refractivity contribution in [2.45, 2.75) is 27.3 Å². The Morgan fingerprint density at radius 1 is 1.15 bits per heavy atom. The van der Waals surface area contributed by atoms with Crippen molar-refractivity contribution in [2.24, 2.45) is 0 Å². The average Bonchev–Trinajstić information content (AvgIpc) is 3.26. The fraction of sp³-hybridized carbons (Fsp3) is 0.238. The normalized spacial score (nSPS) is 10.6. The number of nitrogens with zero attached hydrogens (tertiary/aromatic N) is 1. The highest BCUT2D eigenvalue weighted by Crippen LogP contribution is 2.20. The van der Waals surface area contributed by atoms with E-state index in [1.54, 1.807) is 37.5 Å². The van der Waals surface area contributed by atoms with Gasteiger partial charge < -0.3 is 19.0 Å². The van der Waals surface area contributed by atoms with E-state index in [2.05, 4.69) is 5.32 Å². The molecule has 0 atom stereocenters. The summed E-state index contributed by atoms with van der Waals surface area (Å²) >= 11 is 0. The van der Waals surface area contributed by atoms with Crippen LogP contribution in [0.25, 0.3) is 0 Å². The van der Waals surface area contributed by atoms with E-state index in [9.17, 15) is 9.59 Å². The third kappa shape index (κ3) is 4.11. The number of furan rings is 1. The molecule has 0 unspecified atom stereocenters. The van der Waals surface area contributed by atoms with E-state index in [4.69, 9.17) is 9.15 Å². The van der Waals surface area contributed by atoms with Crippen molar-refractivity contribution in [3.8, 4) is 0 Å². The Bertz CT molecular complexity index is 955. The first-order chi connectivity index (χ1) is 13.0. The zero-order chi connectivity index (χ0) is 19.4. The molecule has 0 saturated heterocycles. The van der Waals surface area contributed by atoms with E-state index in [1.807, 2.05) is 36.6 Å². The van der Waals surface area contributed by atoms with Crippen molar-refractivity contribution in [1.82, 2.24) is 4.57 Å². The lowest BCUT2D eigenvalue weighted by molar-refractivity contribution is 0.0526. The molecule has 1 aromatic carbocycles. The van der Waals surface area contributed by atoms with Gasteiger partial charge in [-0.05, 0) is 57.2 Å². The Hall–Kier alpha value is -3.28. The number of rotatable bonds is 6. The first-order valence-corrected chi connectivity index (χ1v) is 8.77. The highest BCUT2D eigenvalue weighted by molar-refractivity contribution is 6.05. The van der Waals surface area contributed by atoms with Crippen LogP contribution in [0.5, 0.6) is 0 Å². The molecule has 0 aliphatic heterocycles. The Morgan fingerprint density at radius 3 is 2.67 bits per heavy atom. The van der Waals surface area contributed by atoms with Gasteiger partial charge in [-0.2, -0.15) is 0 Å². The Balaban J connectivity index is 1.79. The second kappa shape index (κ2) is 7.95. The minimum Gasteiger partial charge on any atom is -0.467 e. The Morgan fingerprint density at radius 2 is 1.96 bits per heavy atom. The summed E-state index contributed by atoms with van der Waals surface area (Å²) in [5.41, 5.74) is 3.34. The lowest BCUT2D eigenvalue weighted by Crippen LogP contribution is -2.14. The van der Waals surface area contributed by atoms with Gasteiger partial charge in [0.2, 0.25) is 0 Å². The molecule has 0 aliphatic rings. The average molecular weight is 366 g/mol. The number of hydrogen-bond donors (Lipinski definition) is 1. The quantitative estimate of drug-likeness (QED) is 0.664. The molecule has 27 heavy (non-hydrogen) atoms. The van der Waals surface area contributed by atoms with Gasteiger partial charge in [0.05, 0.1) is 30.5 Å². The van der Waals surface area contributed by atoms with Crippen LogP contribution in [0.15, 0.2) is 53.1 Å². The number of carbonyl (C=O) groups excluding carboxylic acids is 2. The number of aryl methyl sites for hydroxylation is 1. The summed E-state index contributed by atoms with van der Waals surface area (Å²) in [6.45, 7) is 6.48. The summed E-state index contributed by atoms with van der Waals surface area (Å²) in [7, 11) is 0. The summed E-state index contributed by atoms with van der Waals surface area (Å²) < 4.78 is 12.4. The number of anilines is 1. The van der Waals surface area contributed by atoms with Gasteiger partial charge in [0, 0.05) is 17.1 Å². The van der Waals surface area contributed by atoms with Crippen molar-refractivity contribution in [3.05, 3.63) is 77.0 Å². The monoisotopic (exact) mass is 366 g/mol. The molecule has 3 rings (SSSR count). The van der Waals surface area contributed by atoms with Crippen molar-refractivity contribution in [2.75, 3.05) is 11.9 Å². The first-order valence-electron chi connectivity index (χ1n) is 8.77. The maximum absolute atomic E-state index is 12.7. The van der Waals surface area contributed by atoms with Crippen LogP contribution in [-0.4, -0.2) is 23.1 Å². The number of esters is 1. The van der Waals surface area contributed by atoms with Crippen molar-refractivity contribution in [3.63, 3.8) is 0 Å². The molecule has 0 fully saturated rings. The second-order valence-electron chi connectivity index (χ2n) is 6.21. The molecule has 0 spiro atoms. The maximum atomic E-state index is 12.7. The molecule has 0 saturated carbocycles.